The third-order valence-electron chi connectivity index (χ3n) is 5.58. The zero-order valence-corrected chi connectivity index (χ0v) is 15.3. The monoisotopic (exact) mass is 354 g/mol. The zero-order valence-electron chi connectivity index (χ0n) is 15.3. The maximum Gasteiger partial charge on any atom is 0.336 e. The van der Waals surface area contributed by atoms with Gasteiger partial charge in [0.15, 0.2) is 0 Å². The molecule has 2 fully saturated rings. The van der Waals surface area contributed by atoms with Crippen molar-refractivity contribution in [3.8, 4) is 0 Å². The molecule has 0 unspecified atom stereocenters. The minimum Gasteiger partial charge on any atom is -0.423 e. The Morgan fingerprint density at radius 1 is 1.19 bits per heavy atom. The van der Waals surface area contributed by atoms with Crippen LogP contribution >= 0.6 is 0 Å². The molecule has 0 radical (unpaired) electrons. The Bertz CT molecular complexity index is 861. The summed E-state index contributed by atoms with van der Waals surface area (Å²) in [4.78, 5) is 26.5. The van der Waals surface area contributed by atoms with E-state index in [0.717, 1.165) is 62.7 Å². The van der Waals surface area contributed by atoms with Crippen LogP contribution in [0.25, 0.3) is 11.0 Å². The van der Waals surface area contributed by atoms with Crippen molar-refractivity contribution in [1.29, 1.82) is 0 Å². The molecule has 0 atom stereocenters. The predicted octanol–water partition coefficient (Wildman–Crippen LogP) is 2.85. The van der Waals surface area contributed by atoms with Crippen LogP contribution < -0.4 is 10.9 Å². The fourth-order valence-electron chi connectivity index (χ4n) is 3.77. The zero-order chi connectivity index (χ0) is 18.1. The standard InChI is InChI=1S/C21H26N2O3/c1-2-14-3-6-18-16(12-20(24)26-19(18)11-14)13-23-9-7-15(8-10-23)21(25)22-17-4-5-17/h3,6,11-12,15,17H,2,4-5,7-10,13H2,1H3,(H,22,25). The number of nitrogens with one attached hydrogen (secondary N) is 1. The lowest BCUT2D eigenvalue weighted by Gasteiger charge is -2.31. The van der Waals surface area contributed by atoms with Crippen LogP contribution in [0.1, 0.15) is 43.7 Å². The second-order valence-corrected chi connectivity index (χ2v) is 7.61. The van der Waals surface area contributed by atoms with E-state index < -0.39 is 0 Å². The Morgan fingerprint density at radius 3 is 2.65 bits per heavy atom. The van der Waals surface area contributed by atoms with Crippen molar-refractivity contribution in [2.75, 3.05) is 13.1 Å². The van der Waals surface area contributed by atoms with Gasteiger partial charge in [0.25, 0.3) is 0 Å². The quantitative estimate of drug-likeness (QED) is 0.839. The number of carbonyl (C=O) groups is 1. The lowest BCUT2D eigenvalue weighted by atomic mass is 9.95. The SMILES string of the molecule is CCc1ccc2c(CN3CCC(C(=O)NC4CC4)CC3)cc(=O)oc2c1. The van der Waals surface area contributed by atoms with E-state index in [0.29, 0.717) is 11.6 Å². The Kier molecular flexibility index (Phi) is 4.81. The Morgan fingerprint density at radius 2 is 1.96 bits per heavy atom. The van der Waals surface area contributed by atoms with Gasteiger partial charge < -0.3 is 9.73 Å². The number of benzene rings is 1. The van der Waals surface area contributed by atoms with E-state index in [9.17, 15) is 9.59 Å². The van der Waals surface area contributed by atoms with Gasteiger partial charge in [-0.2, -0.15) is 0 Å². The van der Waals surface area contributed by atoms with Crippen LogP contribution in [-0.4, -0.2) is 29.9 Å². The molecule has 1 N–H and O–H groups in total. The molecule has 2 aromatic rings. The van der Waals surface area contributed by atoms with Gasteiger partial charge in [0.2, 0.25) is 5.91 Å². The summed E-state index contributed by atoms with van der Waals surface area (Å²) in [6.45, 7) is 4.59. The highest BCUT2D eigenvalue weighted by molar-refractivity contribution is 5.81. The lowest BCUT2D eigenvalue weighted by molar-refractivity contribution is -0.126. The molecule has 5 heteroatoms. The molecule has 2 aliphatic rings. The molecule has 1 aromatic heterocycles. The third-order valence-corrected chi connectivity index (χ3v) is 5.58. The van der Waals surface area contributed by atoms with Gasteiger partial charge in [0.1, 0.15) is 5.58 Å². The second kappa shape index (κ2) is 7.23. The summed E-state index contributed by atoms with van der Waals surface area (Å²) in [7, 11) is 0. The molecule has 0 spiro atoms. The maximum atomic E-state index is 12.2. The van der Waals surface area contributed by atoms with Crippen LogP contribution in [0.15, 0.2) is 33.5 Å². The number of aryl methyl sites for hydroxylation is 1. The topological polar surface area (TPSA) is 62.6 Å². The molecule has 1 saturated heterocycles. The molecule has 5 nitrogen and oxygen atoms in total. The van der Waals surface area contributed by atoms with Crippen molar-refractivity contribution in [2.24, 2.45) is 5.92 Å². The minimum absolute atomic E-state index is 0.136. The van der Waals surface area contributed by atoms with Gasteiger partial charge in [0, 0.05) is 30.0 Å². The van der Waals surface area contributed by atoms with Crippen molar-refractivity contribution in [1.82, 2.24) is 10.2 Å². The van der Waals surface area contributed by atoms with Crippen LogP contribution in [0.5, 0.6) is 0 Å². The largest absolute Gasteiger partial charge is 0.423 e. The molecular formula is C21H26N2O3. The van der Waals surface area contributed by atoms with Gasteiger partial charge in [-0.25, -0.2) is 4.79 Å². The van der Waals surface area contributed by atoms with Gasteiger partial charge in [-0.3, -0.25) is 9.69 Å². The van der Waals surface area contributed by atoms with E-state index in [4.69, 9.17) is 4.42 Å². The van der Waals surface area contributed by atoms with E-state index in [1.807, 2.05) is 6.07 Å². The van der Waals surface area contributed by atoms with Crippen molar-refractivity contribution in [3.63, 3.8) is 0 Å². The molecule has 1 amide bonds. The molecule has 1 saturated carbocycles. The normalized spacial score (nSPS) is 19.0. The average Bonchev–Trinajstić information content (AvgIpc) is 3.45. The van der Waals surface area contributed by atoms with Crippen molar-refractivity contribution in [3.05, 3.63) is 45.8 Å². The first-order valence-electron chi connectivity index (χ1n) is 9.71. The molecule has 138 valence electrons. The van der Waals surface area contributed by atoms with Gasteiger partial charge in [-0.1, -0.05) is 19.1 Å². The molecule has 1 aliphatic carbocycles. The van der Waals surface area contributed by atoms with Crippen molar-refractivity contribution >= 4 is 16.9 Å². The summed E-state index contributed by atoms with van der Waals surface area (Å²) in [5, 5.41) is 4.13. The summed E-state index contributed by atoms with van der Waals surface area (Å²) < 4.78 is 5.40. The third kappa shape index (κ3) is 3.83. The number of piperidine rings is 1. The van der Waals surface area contributed by atoms with Gasteiger partial charge in [-0.15, -0.1) is 0 Å². The number of amides is 1. The number of carbonyl (C=O) groups excluding carboxylic acids is 1. The smallest absolute Gasteiger partial charge is 0.336 e. The van der Waals surface area contributed by atoms with Crippen molar-refractivity contribution < 1.29 is 9.21 Å². The van der Waals surface area contributed by atoms with Gasteiger partial charge in [0.05, 0.1) is 0 Å². The molecule has 0 bridgehead atoms. The molecular weight excluding hydrogens is 328 g/mol. The number of rotatable bonds is 5. The first kappa shape index (κ1) is 17.3. The highest BCUT2D eigenvalue weighted by atomic mass is 16.4. The first-order valence-corrected chi connectivity index (χ1v) is 9.71. The average molecular weight is 354 g/mol. The first-order chi connectivity index (χ1) is 12.6. The van der Waals surface area contributed by atoms with Crippen molar-refractivity contribution in [2.45, 2.75) is 51.6 Å². The van der Waals surface area contributed by atoms with E-state index >= 15 is 0 Å². The molecule has 26 heavy (non-hydrogen) atoms. The fraction of sp³-hybridized carbons (Fsp3) is 0.524. The maximum absolute atomic E-state index is 12.2. The fourth-order valence-corrected chi connectivity index (χ4v) is 3.77. The number of fused-ring (bicyclic) bond motifs is 1. The summed E-state index contributed by atoms with van der Waals surface area (Å²) >= 11 is 0. The number of nitrogens with zero attached hydrogens (tertiary/aromatic N) is 1. The highest BCUT2D eigenvalue weighted by Gasteiger charge is 2.30. The molecule has 4 rings (SSSR count). The summed E-state index contributed by atoms with van der Waals surface area (Å²) in [5.41, 5.74) is 2.56. The number of likely N-dealkylation sites (tertiary alicyclic amines) is 1. The van der Waals surface area contributed by atoms with Crippen LogP contribution in [0.2, 0.25) is 0 Å². The predicted molar refractivity (Wildman–Crippen MR) is 101 cm³/mol. The second-order valence-electron chi connectivity index (χ2n) is 7.61. The van der Waals surface area contributed by atoms with E-state index in [1.165, 1.54) is 5.56 Å². The van der Waals surface area contributed by atoms with Crippen LogP contribution in [0, 0.1) is 5.92 Å². The Hall–Kier alpha value is -2.14. The molecule has 1 aliphatic heterocycles. The Balaban J connectivity index is 1.44. The summed E-state index contributed by atoms with van der Waals surface area (Å²) in [6, 6.07) is 8.17. The Labute approximate surface area is 153 Å². The summed E-state index contributed by atoms with van der Waals surface area (Å²) in [5.74, 6) is 0.363. The van der Waals surface area contributed by atoms with E-state index in [2.05, 4.69) is 29.3 Å². The highest BCUT2D eigenvalue weighted by Crippen LogP contribution is 2.25. The molecule has 2 heterocycles. The molecule has 1 aromatic carbocycles. The van der Waals surface area contributed by atoms with E-state index in [1.54, 1.807) is 6.07 Å². The van der Waals surface area contributed by atoms with Crippen LogP contribution in [0.4, 0.5) is 0 Å². The number of hydrogen-bond acceptors (Lipinski definition) is 4. The van der Waals surface area contributed by atoms with Crippen LogP contribution in [0.3, 0.4) is 0 Å². The van der Waals surface area contributed by atoms with Gasteiger partial charge in [-0.05, 0) is 62.4 Å². The van der Waals surface area contributed by atoms with Gasteiger partial charge >= 0.3 is 5.63 Å². The summed E-state index contributed by atoms with van der Waals surface area (Å²) in [6.07, 6.45) is 4.96. The lowest BCUT2D eigenvalue weighted by Crippen LogP contribution is -2.40. The van der Waals surface area contributed by atoms with E-state index in [-0.39, 0.29) is 17.5 Å². The van der Waals surface area contributed by atoms with Crippen LogP contribution in [-0.2, 0) is 17.8 Å². The minimum atomic E-state index is -0.292. The number of hydrogen-bond donors (Lipinski definition) is 1.